The van der Waals surface area contributed by atoms with Gasteiger partial charge < -0.3 is 22.8 Å². The summed E-state index contributed by atoms with van der Waals surface area (Å²) in [4.78, 5) is 11.6. The Hall–Kier alpha value is -0.123. The van der Waals surface area contributed by atoms with Gasteiger partial charge in [0.2, 0.25) is 0 Å². The van der Waals surface area contributed by atoms with Crippen molar-refractivity contribution in [2.45, 2.75) is 59.4 Å². The van der Waals surface area contributed by atoms with Crippen molar-refractivity contribution in [3.8, 4) is 0 Å². The lowest BCUT2D eigenvalue weighted by atomic mass is 10.4. The van der Waals surface area contributed by atoms with Crippen LogP contribution in [0.15, 0.2) is 0 Å². The Kier molecular flexibility index (Phi) is 18.2. The molecule has 8 heteroatoms. The average Bonchev–Trinajstić information content (AvgIpc) is 2.61. The number of hydrogen-bond donors (Lipinski definition) is 0. The monoisotopic (exact) mass is 410 g/mol. The van der Waals surface area contributed by atoms with Crippen LogP contribution in [0.2, 0.25) is 6.04 Å². The topological polar surface area (TPSA) is 63.2 Å². The average molecular weight is 411 g/mol. The lowest BCUT2D eigenvalue weighted by Crippen LogP contribution is -2.46. The fourth-order valence-corrected chi connectivity index (χ4v) is 6.02. The van der Waals surface area contributed by atoms with Crippen LogP contribution >= 0.6 is 11.8 Å². The molecule has 0 heterocycles. The van der Waals surface area contributed by atoms with Gasteiger partial charge in [0, 0.05) is 38.2 Å². The lowest BCUT2D eigenvalue weighted by Gasteiger charge is -2.28. The molecular weight excluding hydrogens is 372 g/mol. The van der Waals surface area contributed by atoms with E-state index < -0.39 is 8.80 Å². The van der Waals surface area contributed by atoms with E-state index in [-0.39, 0.29) is 5.97 Å². The first kappa shape index (κ1) is 25.9. The predicted octanol–water partition coefficient (Wildman–Crippen LogP) is 3.91. The fraction of sp³-hybridized carbons (Fsp3) is 0.944. The minimum absolute atomic E-state index is 0.154. The number of ether oxygens (including phenoxy) is 2. The Morgan fingerprint density at radius 3 is 2.08 bits per heavy atom. The highest BCUT2D eigenvalue weighted by molar-refractivity contribution is 7.99. The molecule has 0 rings (SSSR count). The number of hydrogen-bond acceptors (Lipinski definition) is 7. The van der Waals surface area contributed by atoms with Crippen molar-refractivity contribution in [2.24, 2.45) is 0 Å². The second kappa shape index (κ2) is 18.2. The number of unbranched alkanes of at least 4 members (excludes halogenated alkanes) is 1. The molecule has 0 bridgehead atoms. The van der Waals surface area contributed by atoms with Crippen LogP contribution in [0.3, 0.4) is 0 Å². The lowest BCUT2D eigenvalue weighted by molar-refractivity contribution is -0.144. The summed E-state index contributed by atoms with van der Waals surface area (Å²) in [7, 11) is -2.53. The van der Waals surface area contributed by atoms with E-state index >= 15 is 0 Å². The second-order valence-electron chi connectivity index (χ2n) is 5.63. The summed E-state index contributed by atoms with van der Waals surface area (Å²) in [5.41, 5.74) is 0. The van der Waals surface area contributed by atoms with Gasteiger partial charge in [-0.1, -0.05) is 13.3 Å². The van der Waals surface area contributed by atoms with E-state index in [2.05, 4.69) is 6.92 Å². The van der Waals surface area contributed by atoms with Gasteiger partial charge in [0.1, 0.15) is 6.61 Å². The van der Waals surface area contributed by atoms with Crippen molar-refractivity contribution < 1.29 is 27.5 Å². The molecule has 0 saturated carbocycles. The normalized spacial score (nSPS) is 11.7. The quantitative estimate of drug-likeness (QED) is 0.182. The minimum atomic E-state index is -2.53. The van der Waals surface area contributed by atoms with Gasteiger partial charge in [-0.15, -0.1) is 0 Å². The van der Waals surface area contributed by atoms with Gasteiger partial charge in [-0.2, -0.15) is 11.8 Å². The van der Waals surface area contributed by atoms with Crippen LogP contribution in [-0.2, 0) is 27.5 Å². The Morgan fingerprint density at radius 2 is 1.50 bits per heavy atom. The molecule has 0 fully saturated rings. The van der Waals surface area contributed by atoms with E-state index in [1.54, 1.807) is 11.8 Å². The Bertz CT molecular complexity index is 316. The van der Waals surface area contributed by atoms with E-state index in [0.717, 1.165) is 43.4 Å². The molecule has 0 aliphatic carbocycles. The van der Waals surface area contributed by atoms with Gasteiger partial charge in [0.15, 0.2) is 0 Å². The third-order valence-corrected chi connectivity index (χ3v) is 7.67. The molecule has 0 atom stereocenters. The SMILES string of the molecule is CCCCOCCOC(=O)CCSCCC[Si](OCC)(OCC)OCC. The van der Waals surface area contributed by atoms with E-state index in [4.69, 9.17) is 22.8 Å². The van der Waals surface area contributed by atoms with Crippen molar-refractivity contribution in [3.63, 3.8) is 0 Å². The molecule has 26 heavy (non-hydrogen) atoms. The van der Waals surface area contributed by atoms with Crippen LogP contribution in [-0.4, -0.2) is 65.9 Å². The van der Waals surface area contributed by atoms with Crippen LogP contribution in [0.25, 0.3) is 0 Å². The smallest absolute Gasteiger partial charge is 0.463 e. The van der Waals surface area contributed by atoms with Crippen LogP contribution in [0.1, 0.15) is 53.4 Å². The maximum Gasteiger partial charge on any atom is 0.500 e. The standard InChI is InChI=1S/C18H38O6SSi/c1-5-9-12-20-13-14-21-18(19)11-16-25-15-10-17-26(22-6-2,23-7-3)24-8-4/h5-17H2,1-4H3. The molecule has 0 spiro atoms. The summed E-state index contributed by atoms with van der Waals surface area (Å²) in [6, 6.07) is 0.815. The molecule has 156 valence electrons. The number of carbonyl (C=O) groups is 1. The van der Waals surface area contributed by atoms with E-state index in [1.165, 1.54) is 0 Å². The zero-order valence-electron chi connectivity index (χ0n) is 17.1. The highest BCUT2D eigenvalue weighted by atomic mass is 32.2. The van der Waals surface area contributed by atoms with Crippen LogP contribution < -0.4 is 0 Å². The van der Waals surface area contributed by atoms with Crippen LogP contribution in [0.4, 0.5) is 0 Å². The first-order chi connectivity index (χ1) is 12.6. The molecule has 0 amide bonds. The summed E-state index contributed by atoms with van der Waals surface area (Å²) in [6.07, 6.45) is 3.55. The molecule has 0 saturated heterocycles. The summed E-state index contributed by atoms with van der Waals surface area (Å²) in [6.45, 7) is 11.4. The van der Waals surface area contributed by atoms with Gasteiger partial charge >= 0.3 is 14.8 Å². The molecule has 0 unspecified atom stereocenters. The van der Waals surface area contributed by atoms with Crippen LogP contribution in [0, 0.1) is 0 Å². The molecule has 0 N–H and O–H groups in total. The molecule has 0 aliphatic rings. The van der Waals surface area contributed by atoms with Crippen molar-refractivity contribution >= 4 is 26.5 Å². The summed E-state index contributed by atoms with van der Waals surface area (Å²) in [5.74, 6) is 1.57. The molecule has 6 nitrogen and oxygen atoms in total. The van der Waals surface area contributed by atoms with E-state index in [0.29, 0.717) is 39.5 Å². The number of rotatable bonds is 19. The van der Waals surface area contributed by atoms with Crippen molar-refractivity contribution in [1.82, 2.24) is 0 Å². The number of esters is 1. The Morgan fingerprint density at radius 1 is 0.846 bits per heavy atom. The van der Waals surface area contributed by atoms with Crippen molar-refractivity contribution in [1.29, 1.82) is 0 Å². The molecular formula is C18H38O6SSi. The maximum atomic E-state index is 11.6. The van der Waals surface area contributed by atoms with Crippen molar-refractivity contribution in [2.75, 3.05) is 51.1 Å². The fourth-order valence-electron chi connectivity index (χ4n) is 2.28. The van der Waals surface area contributed by atoms with Gasteiger partial charge in [-0.05, 0) is 39.4 Å². The summed E-state index contributed by atoms with van der Waals surface area (Å²) >= 11 is 1.75. The Balaban J connectivity index is 3.75. The first-order valence-corrected chi connectivity index (χ1v) is 13.0. The minimum Gasteiger partial charge on any atom is -0.463 e. The van der Waals surface area contributed by atoms with E-state index in [9.17, 15) is 4.79 Å². The molecule has 0 aliphatic heterocycles. The molecule has 0 aromatic rings. The van der Waals surface area contributed by atoms with Crippen molar-refractivity contribution in [3.05, 3.63) is 0 Å². The second-order valence-corrected chi connectivity index (χ2v) is 9.59. The molecule has 0 aromatic heterocycles. The largest absolute Gasteiger partial charge is 0.500 e. The highest BCUT2D eigenvalue weighted by Crippen LogP contribution is 2.20. The molecule has 0 aromatic carbocycles. The zero-order chi connectivity index (χ0) is 19.5. The van der Waals surface area contributed by atoms with Crippen LogP contribution in [0.5, 0.6) is 0 Å². The van der Waals surface area contributed by atoms with E-state index in [1.807, 2.05) is 20.8 Å². The first-order valence-electron chi connectivity index (χ1n) is 9.87. The summed E-state index contributed by atoms with van der Waals surface area (Å²) < 4.78 is 28.0. The highest BCUT2D eigenvalue weighted by Gasteiger charge is 2.39. The number of thioether (sulfide) groups is 1. The number of carbonyl (C=O) groups excluding carboxylic acids is 1. The van der Waals surface area contributed by atoms with Gasteiger partial charge in [0.25, 0.3) is 0 Å². The predicted molar refractivity (Wildman–Crippen MR) is 109 cm³/mol. The maximum absolute atomic E-state index is 11.6. The molecule has 0 radical (unpaired) electrons. The van der Waals surface area contributed by atoms with Gasteiger partial charge in [0.05, 0.1) is 13.0 Å². The Labute approximate surface area is 165 Å². The zero-order valence-corrected chi connectivity index (χ0v) is 18.9. The summed E-state index contributed by atoms with van der Waals surface area (Å²) in [5, 5.41) is 0. The van der Waals surface area contributed by atoms with Gasteiger partial charge in [-0.3, -0.25) is 4.79 Å². The van der Waals surface area contributed by atoms with Gasteiger partial charge in [-0.25, -0.2) is 0 Å². The third kappa shape index (κ3) is 14.0. The third-order valence-electron chi connectivity index (χ3n) is 3.45.